The van der Waals surface area contributed by atoms with Crippen molar-refractivity contribution in [3.05, 3.63) is 23.9 Å². The summed E-state index contributed by atoms with van der Waals surface area (Å²) in [7, 11) is 0. The smallest absolute Gasteiger partial charge is 0.208 e. The second-order valence-corrected chi connectivity index (χ2v) is 4.08. The van der Waals surface area contributed by atoms with E-state index in [1.807, 2.05) is 6.92 Å². The highest BCUT2D eigenvalue weighted by atomic mass is 32.1. The first kappa shape index (κ1) is 10.8. The van der Waals surface area contributed by atoms with E-state index >= 15 is 0 Å². The van der Waals surface area contributed by atoms with Gasteiger partial charge in [-0.05, 0) is 6.92 Å². The average Bonchev–Trinajstić information content (AvgIpc) is 2.64. The van der Waals surface area contributed by atoms with E-state index < -0.39 is 0 Å². The number of thiocarbonyl (C=S) groups is 1. The van der Waals surface area contributed by atoms with Gasteiger partial charge in [-0.15, -0.1) is 0 Å². The number of hydrogen-bond acceptors (Lipinski definition) is 7. The van der Waals surface area contributed by atoms with Crippen molar-refractivity contribution in [2.75, 3.05) is 5.32 Å². The summed E-state index contributed by atoms with van der Waals surface area (Å²) in [5, 5.41) is 3.61. The molecule has 0 aliphatic heterocycles. The highest BCUT2D eigenvalue weighted by molar-refractivity contribution is 7.80. The zero-order valence-corrected chi connectivity index (χ0v) is 9.97. The Morgan fingerprint density at radius 3 is 2.81 bits per heavy atom. The highest BCUT2D eigenvalue weighted by Gasteiger charge is 2.09. The van der Waals surface area contributed by atoms with Gasteiger partial charge in [0.25, 0.3) is 0 Å². The third-order valence-corrected chi connectivity index (χ3v) is 2.60. The number of nitrogens with one attached hydrogen (secondary N) is 1. The van der Waals surface area contributed by atoms with Crippen LogP contribution in [0.5, 0.6) is 0 Å². The van der Waals surface area contributed by atoms with E-state index in [-0.39, 0.29) is 4.99 Å². The quantitative estimate of drug-likeness (QED) is 0.788. The molecule has 3 N–H and O–H groups in total. The predicted octanol–water partition coefficient (Wildman–Crippen LogP) is 1.01. The van der Waals surface area contributed by atoms with Crippen molar-refractivity contribution in [2.24, 2.45) is 5.73 Å². The Labute approximate surface area is 101 Å². The van der Waals surface area contributed by atoms with Gasteiger partial charge in [0.15, 0.2) is 5.82 Å². The fourth-order valence-electron chi connectivity index (χ4n) is 1.06. The molecular weight excluding hydrogens is 244 g/mol. The molecule has 0 fully saturated rings. The fraction of sp³-hybridized carbons (Fsp3) is 0.125. The van der Waals surface area contributed by atoms with Crippen LogP contribution >= 0.6 is 23.8 Å². The van der Waals surface area contributed by atoms with Crippen LogP contribution in [0.1, 0.15) is 11.5 Å². The lowest BCUT2D eigenvalue weighted by Gasteiger charge is -2.05. The van der Waals surface area contributed by atoms with Gasteiger partial charge in [-0.1, -0.05) is 12.2 Å². The number of hydrogen-bond donors (Lipinski definition) is 2. The standard InChI is InChI=1S/C8H8N6S2/c1-4-12-8(16-14-4)13-7-5(6(9)15)10-2-3-11-7/h2-3H,1H3,(H2,9,15)(H,11,12,13,14). The summed E-state index contributed by atoms with van der Waals surface area (Å²) in [5.74, 6) is 1.19. The van der Waals surface area contributed by atoms with Crippen molar-refractivity contribution in [2.45, 2.75) is 6.92 Å². The van der Waals surface area contributed by atoms with Crippen molar-refractivity contribution in [1.29, 1.82) is 0 Å². The van der Waals surface area contributed by atoms with Crippen LogP contribution < -0.4 is 11.1 Å². The molecule has 2 aromatic heterocycles. The SMILES string of the molecule is Cc1nsc(Nc2nccnc2C(N)=S)n1. The van der Waals surface area contributed by atoms with E-state index in [9.17, 15) is 0 Å². The minimum absolute atomic E-state index is 0.192. The summed E-state index contributed by atoms with van der Waals surface area (Å²) in [4.78, 5) is 12.5. The van der Waals surface area contributed by atoms with Crippen LogP contribution in [-0.4, -0.2) is 24.3 Å². The third-order valence-electron chi connectivity index (χ3n) is 1.68. The maximum absolute atomic E-state index is 5.53. The van der Waals surface area contributed by atoms with Crippen molar-refractivity contribution >= 4 is 39.7 Å². The minimum atomic E-state index is 0.192. The van der Waals surface area contributed by atoms with E-state index in [0.717, 1.165) is 0 Å². The normalized spacial score (nSPS) is 10.1. The Bertz CT molecular complexity index is 523. The van der Waals surface area contributed by atoms with Crippen LogP contribution in [0.25, 0.3) is 0 Å². The summed E-state index contributed by atoms with van der Waals surface area (Å²) >= 11 is 6.11. The molecule has 0 bridgehead atoms. The molecule has 82 valence electrons. The largest absolute Gasteiger partial charge is 0.388 e. The molecule has 0 amide bonds. The molecule has 2 heterocycles. The fourth-order valence-corrected chi connectivity index (χ4v) is 1.78. The van der Waals surface area contributed by atoms with Gasteiger partial charge in [0.1, 0.15) is 16.5 Å². The molecule has 16 heavy (non-hydrogen) atoms. The van der Waals surface area contributed by atoms with Crippen LogP contribution in [0.2, 0.25) is 0 Å². The van der Waals surface area contributed by atoms with Gasteiger partial charge in [0.2, 0.25) is 5.13 Å². The first-order chi connectivity index (χ1) is 7.66. The average molecular weight is 252 g/mol. The molecule has 8 heteroatoms. The Morgan fingerprint density at radius 1 is 1.44 bits per heavy atom. The van der Waals surface area contributed by atoms with Gasteiger partial charge in [0.05, 0.1) is 0 Å². The van der Waals surface area contributed by atoms with Crippen molar-refractivity contribution in [3.63, 3.8) is 0 Å². The van der Waals surface area contributed by atoms with E-state index in [1.165, 1.54) is 17.7 Å². The molecule has 0 aliphatic rings. The predicted molar refractivity (Wildman–Crippen MR) is 65.8 cm³/mol. The summed E-state index contributed by atoms with van der Waals surface area (Å²) in [5.41, 5.74) is 5.98. The molecule has 0 aliphatic carbocycles. The Hall–Kier alpha value is -1.67. The lowest BCUT2D eigenvalue weighted by Crippen LogP contribution is -2.14. The van der Waals surface area contributed by atoms with Crippen molar-refractivity contribution < 1.29 is 0 Å². The maximum Gasteiger partial charge on any atom is 0.208 e. The highest BCUT2D eigenvalue weighted by Crippen LogP contribution is 2.18. The molecule has 2 aromatic rings. The van der Waals surface area contributed by atoms with Crippen molar-refractivity contribution in [3.8, 4) is 0 Å². The number of anilines is 2. The first-order valence-electron chi connectivity index (χ1n) is 4.35. The maximum atomic E-state index is 5.53. The lowest BCUT2D eigenvalue weighted by molar-refractivity contribution is 1.14. The van der Waals surface area contributed by atoms with Crippen LogP contribution in [0.15, 0.2) is 12.4 Å². The van der Waals surface area contributed by atoms with E-state index in [1.54, 1.807) is 6.20 Å². The molecule has 0 radical (unpaired) electrons. The number of aromatic nitrogens is 4. The van der Waals surface area contributed by atoms with Crippen LogP contribution in [0.4, 0.5) is 10.9 Å². The molecular formula is C8H8N6S2. The topological polar surface area (TPSA) is 89.6 Å². The monoisotopic (exact) mass is 252 g/mol. The van der Waals surface area contributed by atoms with E-state index in [0.29, 0.717) is 22.5 Å². The molecule has 0 aromatic carbocycles. The summed E-state index contributed by atoms with van der Waals surface area (Å²) in [6.45, 7) is 1.81. The van der Waals surface area contributed by atoms with Crippen LogP contribution in [0, 0.1) is 6.92 Å². The zero-order chi connectivity index (χ0) is 11.5. The second-order valence-electron chi connectivity index (χ2n) is 2.89. The van der Waals surface area contributed by atoms with Crippen molar-refractivity contribution in [1.82, 2.24) is 19.3 Å². The number of aryl methyl sites for hydroxylation is 1. The Balaban J connectivity index is 2.31. The molecule has 0 spiro atoms. The molecule has 6 nitrogen and oxygen atoms in total. The lowest BCUT2D eigenvalue weighted by atomic mass is 10.4. The van der Waals surface area contributed by atoms with Crippen LogP contribution in [-0.2, 0) is 0 Å². The van der Waals surface area contributed by atoms with Gasteiger partial charge in [-0.2, -0.15) is 4.37 Å². The summed E-state index contributed by atoms with van der Waals surface area (Å²) in [6.07, 6.45) is 3.09. The molecule has 0 saturated carbocycles. The van der Waals surface area contributed by atoms with Gasteiger partial charge < -0.3 is 11.1 Å². The van der Waals surface area contributed by atoms with Crippen LogP contribution in [0.3, 0.4) is 0 Å². The van der Waals surface area contributed by atoms with Gasteiger partial charge in [-0.3, -0.25) is 0 Å². The van der Waals surface area contributed by atoms with Gasteiger partial charge in [0, 0.05) is 23.9 Å². The summed E-state index contributed by atoms with van der Waals surface area (Å²) < 4.78 is 4.04. The second kappa shape index (κ2) is 4.45. The third kappa shape index (κ3) is 2.28. The molecule has 0 unspecified atom stereocenters. The molecule has 0 atom stereocenters. The van der Waals surface area contributed by atoms with Gasteiger partial charge >= 0.3 is 0 Å². The molecule has 2 rings (SSSR count). The Kier molecular flexibility index (Phi) is 3.02. The Morgan fingerprint density at radius 2 is 2.19 bits per heavy atom. The number of nitrogens with zero attached hydrogens (tertiary/aromatic N) is 4. The zero-order valence-electron chi connectivity index (χ0n) is 8.34. The van der Waals surface area contributed by atoms with E-state index in [2.05, 4.69) is 24.6 Å². The number of nitrogens with two attached hydrogens (primary N) is 1. The van der Waals surface area contributed by atoms with E-state index in [4.69, 9.17) is 18.0 Å². The first-order valence-corrected chi connectivity index (χ1v) is 5.53. The summed E-state index contributed by atoms with van der Waals surface area (Å²) in [6, 6.07) is 0. The minimum Gasteiger partial charge on any atom is -0.388 e. The van der Waals surface area contributed by atoms with Gasteiger partial charge in [-0.25, -0.2) is 15.0 Å². The molecule has 0 saturated heterocycles. The number of rotatable bonds is 3.